The van der Waals surface area contributed by atoms with Crippen LogP contribution in [0.15, 0.2) is 52.1 Å². The van der Waals surface area contributed by atoms with Gasteiger partial charge < -0.3 is 18.9 Å². The van der Waals surface area contributed by atoms with E-state index in [2.05, 4.69) is 4.98 Å². The highest BCUT2D eigenvalue weighted by atomic mass is 16.5. The lowest BCUT2D eigenvalue weighted by molar-refractivity contribution is 0.0526. The van der Waals surface area contributed by atoms with Crippen LogP contribution in [0.1, 0.15) is 36.7 Å². The molecule has 200 valence electrons. The third-order valence-electron chi connectivity index (χ3n) is 5.84. The number of nitrogens with zero attached hydrogens (tertiary/aromatic N) is 4. The molecule has 4 aromatic rings. The maximum atomic E-state index is 13.2. The van der Waals surface area contributed by atoms with E-state index >= 15 is 0 Å². The Morgan fingerprint density at radius 2 is 1.55 bits per heavy atom. The van der Waals surface area contributed by atoms with Crippen LogP contribution in [0.2, 0.25) is 0 Å². The predicted molar refractivity (Wildman–Crippen MR) is 141 cm³/mol. The Morgan fingerprint density at radius 3 is 2.21 bits per heavy atom. The summed E-state index contributed by atoms with van der Waals surface area (Å²) >= 11 is 0. The summed E-state index contributed by atoms with van der Waals surface area (Å²) in [6, 6.07) is 12.0. The van der Waals surface area contributed by atoms with Gasteiger partial charge in [0.1, 0.15) is 5.75 Å². The third-order valence-corrected chi connectivity index (χ3v) is 5.84. The minimum atomic E-state index is -0.503. The highest BCUT2D eigenvalue weighted by molar-refractivity contribution is 5.89. The minimum absolute atomic E-state index is 0.106. The first-order valence-corrected chi connectivity index (χ1v) is 12.3. The van der Waals surface area contributed by atoms with Gasteiger partial charge in [0.25, 0.3) is 5.56 Å². The van der Waals surface area contributed by atoms with Crippen LogP contribution in [0.3, 0.4) is 0 Å². The van der Waals surface area contributed by atoms with Gasteiger partial charge >= 0.3 is 17.7 Å². The van der Waals surface area contributed by atoms with Gasteiger partial charge in [-0.1, -0.05) is 6.07 Å². The summed E-state index contributed by atoms with van der Waals surface area (Å²) in [5, 5.41) is 0. The Balaban J connectivity index is 1.81. The number of carbonyl (C=O) groups excluding carboxylic acids is 1. The minimum Gasteiger partial charge on any atom is -0.490 e. The molecule has 0 aliphatic rings. The summed E-state index contributed by atoms with van der Waals surface area (Å²) in [5.41, 5.74) is 0.569. The predicted octanol–water partition coefficient (Wildman–Crippen LogP) is 3.25. The maximum Gasteiger partial charge on any atom is 0.338 e. The second-order valence-electron chi connectivity index (χ2n) is 8.35. The second-order valence-corrected chi connectivity index (χ2v) is 8.35. The molecule has 0 saturated carbocycles. The number of aromatic nitrogens is 4. The van der Waals surface area contributed by atoms with Crippen molar-refractivity contribution in [1.29, 1.82) is 0 Å². The first kappa shape index (κ1) is 26.5. The molecule has 0 spiro atoms. The standard InChI is InChI=1S/C27H30N4O7/c1-6-35-20-14-9-17(15-21(20)36-7-2)16-31-22-23(29(4)27(34)30(5)24(22)32)28-26(31)38-19-12-10-18(11-13-19)25(33)37-8-3/h9-15H,6-8,16H2,1-5H3. The van der Waals surface area contributed by atoms with Gasteiger partial charge in [-0.15, -0.1) is 0 Å². The van der Waals surface area contributed by atoms with Crippen molar-refractivity contribution in [1.82, 2.24) is 18.7 Å². The number of imidazole rings is 1. The smallest absolute Gasteiger partial charge is 0.338 e. The summed E-state index contributed by atoms with van der Waals surface area (Å²) in [7, 11) is 2.96. The first-order chi connectivity index (χ1) is 18.3. The van der Waals surface area contributed by atoms with E-state index in [4.69, 9.17) is 18.9 Å². The maximum absolute atomic E-state index is 13.2. The van der Waals surface area contributed by atoms with Gasteiger partial charge in [-0.05, 0) is 62.7 Å². The summed E-state index contributed by atoms with van der Waals surface area (Å²) in [6.07, 6.45) is 0. The second kappa shape index (κ2) is 11.2. The van der Waals surface area contributed by atoms with Crippen molar-refractivity contribution in [3.8, 4) is 23.3 Å². The fourth-order valence-corrected chi connectivity index (χ4v) is 4.01. The van der Waals surface area contributed by atoms with E-state index < -0.39 is 17.2 Å². The number of fused-ring (bicyclic) bond motifs is 1. The van der Waals surface area contributed by atoms with Crippen molar-refractivity contribution in [3.63, 3.8) is 0 Å². The van der Waals surface area contributed by atoms with E-state index in [9.17, 15) is 14.4 Å². The van der Waals surface area contributed by atoms with Crippen LogP contribution >= 0.6 is 0 Å². The summed E-state index contributed by atoms with van der Waals surface area (Å²) in [5.74, 6) is 1.14. The molecule has 2 aromatic carbocycles. The molecule has 4 rings (SSSR count). The van der Waals surface area contributed by atoms with Crippen molar-refractivity contribution in [3.05, 3.63) is 74.4 Å². The Hall–Kier alpha value is -4.54. The van der Waals surface area contributed by atoms with Crippen molar-refractivity contribution in [2.75, 3.05) is 19.8 Å². The van der Waals surface area contributed by atoms with Crippen molar-refractivity contribution in [2.24, 2.45) is 14.1 Å². The quantitative estimate of drug-likeness (QED) is 0.292. The Morgan fingerprint density at radius 1 is 0.868 bits per heavy atom. The zero-order valence-corrected chi connectivity index (χ0v) is 22.0. The normalized spacial score (nSPS) is 11.0. The number of benzene rings is 2. The van der Waals surface area contributed by atoms with Crippen LogP contribution in [0.4, 0.5) is 0 Å². The average Bonchev–Trinajstić information content (AvgIpc) is 3.26. The van der Waals surface area contributed by atoms with E-state index in [-0.39, 0.29) is 30.3 Å². The lowest BCUT2D eigenvalue weighted by Crippen LogP contribution is -2.37. The van der Waals surface area contributed by atoms with E-state index in [1.165, 1.54) is 11.6 Å². The lowest BCUT2D eigenvalue weighted by atomic mass is 10.2. The Kier molecular flexibility index (Phi) is 7.85. The SMILES string of the molecule is CCOC(=O)c1ccc(Oc2nc3c(c(=O)n(C)c(=O)n3C)n2Cc2ccc(OCC)c(OCC)c2)cc1. The molecule has 11 nitrogen and oxygen atoms in total. The zero-order chi connectivity index (χ0) is 27.4. The molecule has 2 heterocycles. The number of aryl methyl sites for hydroxylation is 1. The molecule has 38 heavy (non-hydrogen) atoms. The molecule has 0 bridgehead atoms. The van der Waals surface area contributed by atoms with Crippen LogP contribution in [-0.4, -0.2) is 44.5 Å². The molecule has 0 fully saturated rings. The van der Waals surface area contributed by atoms with E-state index in [1.807, 2.05) is 32.0 Å². The molecule has 11 heteroatoms. The number of hydrogen-bond acceptors (Lipinski definition) is 8. The van der Waals surface area contributed by atoms with Gasteiger partial charge in [0.15, 0.2) is 22.7 Å². The monoisotopic (exact) mass is 522 g/mol. The van der Waals surface area contributed by atoms with Crippen molar-refractivity contribution < 1.29 is 23.7 Å². The van der Waals surface area contributed by atoms with Crippen LogP contribution in [0, 0.1) is 0 Å². The van der Waals surface area contributed by atoms with Gasteiger partial charge in [0, 0.05) is 14.1 Å². The van der Waals surface area contributed by atoms with Crippen LogP contribution in [0.5, 0.6) is 23.3 Å². The number of esters is 1. The number of carbonyl (C=O) groups is 1. The number of ether oxygens (including phenoxy) is 4. The lowest BCUT2D eigenvalue weighted by Gasteiger charge is -2.14. The van der Waals surface area contributed by atoms with E-state index in [1.54, 1.807) is 42.8 Å². The first-order valence-electron chi connectivity index (χ1n) is 12.3. The van der Waals surface area contributed by atoms with Crippen molar-refractivity contribution in [2.45, 2.75) is 27.3 Å². The molecular weight excluding hydrogens is 492 g/mol. The average molecular weight is 523 g/mol. The Labute approximate surface area is 218 Å². The fourth-order valence-electron chi connectivity index (χ4n) is 4.01. The molecule has 0 N–H and O–H groups in total. The number of hydrogen-bond donors (Lipinski definition) is 0. The molecule has 2 aromatic heterocycles. The molecule has 0 aliphatic heterocycles. The van der Waals surface area contributed by atoms with Crippen LogP contribution in [-0.2, 0) is 25.4 Å². The van der Waals surface area contributed by atoms with E-state index in [0.717, 1.165) is 10.1 Å². The zero-order valence-electron chi connectivity index (χ0n) is 22.0. The van der Waals surface area contributed by atoms with Gasteiger partial charge in [-0.2, -0.15) is 4.98 Å². The third kappa shape index (κ3) is 5.13. The highest BCUT2D eigenvalue weighted by Gasteiger charge is 2.21. The van der Waals surface area contributed by atoms with E-state index in [0.29, 0.717) is 36.0 Å². The Bertz CT molecular complexity index is 1580. The largest absolute Gasteiger partial charge is 0.490 e. The van der Waals surface area contributed by atoms with Crippen LogP contribution in [0.25, 0.3) is 11.2 Å². The highest BCUT2D eigenvalue weighted by Crippen LogP contribution is 2.31. The molecule has 0 saturated heterocycles. The summed E-state index contributed by atoms with van der Waals surface area (Å²) in [4.78, 5) is 42.3. The van der Waals surface area contributed by atoms with Gasteiger partial charge in [0.05, 0.1) is 31.9 Å². The summed E-state index contributed by atoms with van der Waals surface area (Å²) in [6.45, 7) is 6.93. The van der Waals surface area contributed by atoms with Gasteiger partial charge in [0.2, 0.25) is 0 Å². The topological polar surface area (TPSA) is 116 Å². The molecule has 0 unspecified atom stereocenters. The summed E-state index contributed by atoms with van der Waals surface area (Å²) < 4.78 is 26.5. The molecular formula is C27H30N4O7. The molecule has 0 radical (unpaired) electrons. The molecule has 0 atom stereocenters. The van der Waals surface area contributed by atoms with Crippen LogP contribution < -0.4 is 25.5 Å². The fraction of sp³-hybridized carbons (Fsp3) is 0.333. The van der Waals surface area contributed by atoms with Gasteiger partial charge in [-0.25, -0.2) is 9.59 Å². The molecule has 0 aliphatic carbocycles. The number of rotatable bonds is 10. The van der Waals surface area contributed by atoms with Gasteiger partial charge in [-0.3, -0.25) is 18.5 Å². The molecule has 0 amide bonds. The van der Waals surface area contributed by atoms with Crippen molar-refractivity contribution >= 4 is 17.1 Å².